The average Bonchev–Trinajstić information content (AvgIpc) is 2.95. The number of aromatic nitrogens is 2. The van der Waals surface area contributed by atoms with Crippen LogP contribution < -0.4 is 15.0 Å². The van der Waals surface area contributed by atoms with Crippen molar-refractivity contribution in [1.82, 2.24) is 9.36 Å². The minimum absolute atomic E-state index is 0.0113. The van der Waals surface area contributed by atoms with E-state index in [1.54, 1.807) is 27.6 Å². The molecule has 0 saturated carbocycles. The lowest BCUT2D eigenvalue weighted by Crippen LogP contribution is -2.27. The second kappa shape index (κ2) is 8.36. The van der Waals surface area contributed by atoms with E-state index in [4.69, 9.17) is 32.7 Å². The third kappa shape index (κ3) is 3.94. The van der Waals surface area contributed by atoms with Crippen LogP contribution in [0.4, 0.5) is 4.39 Å². The Kier molecular flexibility index (Phi) is 5.80. The molecule has 0 radical (unpaired) electrons. The molecule has 0 bridgehead atoms. The highest BCUT2D eigenvalue weighted by atomic mass is 35.5. The zero-order valence-corrected chi connectivity index (χ0v) is 18.1. The molecule has 5 nitrogen and oxygen atoms in total. The van der Waals surface area contributed by atoms with Crippen LogP contribution in [0.25, 0.3) is 11.1 Å². The van der Waals surface area contributed by atoms with Crippen molar-refractivity contribution in [2.75, 3.05) is 0 Å². The van der Waals surface area contributed by atoms with Crippen molar-refractivity contribution in [2.45, 2.75) is 45.9 Å². The molecule has 0 spiro atoms. The highest BCUT2D eigenvalue weighted by molar-refractivity contribution is 6.33. The van der Waals surface area contributed by atoms with Crippen LogP contribution in [-0.4, -0.2) is 15.5 Å². The minimum Gasteiger partial charge on any atom is -0.491 e. The van der Waals surface area contributed by atoms with Gasteiger partial charge in [0, 0.05) is 24.7 Å². The van der Waals surface area contributed by atoms with E-state index in [0.29, 0.717) is 24.6 Å². The van der Waals surface area contributed by atoms with Gasteiger partial charge in [-0.05, 0) is 51.0 Å². The number of ether oxygens (including phenoxy) is 2. The molecule has 1 aliphatic rings. The zero-order valence-electron chi connectivity index (χ0n) is 16.6. The van der Waals surface area contributed by atoms with Gasteiger partial charge in [0.1, 0.15) is 28.2 Å². The molecule has 0 unspecified atom stereocenters. The van der Waals surface area contributed by atoms with E-state index in [2.05, 4.69) is 0 Å². The average molecular weight is 451 g/mol. The zero-order chi connectivity index (χ0) is 21.4. The topological polar surface area (TPSA) is 45.4 Å². The summed E-state index contributed by atoms with van der Waals surface area (Å²) in [4.78, 5) is 12.9. The van der Waals surface area contributed by atoms with Crippen LogP contribution in [0.3, 0.4) is 0 Å². The second-order valence-electron chi connectivity index (χ2n) is 7.43. The lowest BCUT2D eigenvalue weighted by atomic mass is 10.1. The first kappa shape index (κ1) is 20.8. The molecule has 2 aromatic carbocycles. The fourth-order valence-electron chi connectivity index (χ4n) is 3.56. The maximum absolute atomic E-state index is 14.8. The van der Waals surface area contributed by atoms with E-state index >= 15 is 0 Å². The molecule has 4 rings (SSSR count). The summed E-state index contributed by atoms with van der Waals surface area (Å²) in [6.07, 6.45) is 1.81. The van der Waals surface area contributed by atoms with Crippen LogP contribution >= 0.6 is 23.2 Å². The summed E-state index contributed by atoms with van der Waals surface area (Å²) >= 11 is 12.7. The quantitative estimate of drug-likeness (QED) is 0.469. The molecule has 0 saturated heterocycles. The van der Waals surface area contributed by atoms with Crippen LogP contribution in [0.5, 0.6) is 17.2 Å². The van der Waals surface area contributed by atoms with Crippen LogP contribution in [0, 0.1) is 5.82 Å². The lowest BCUT2D eigenvalue weighted by Gasteiger charge is -2.17. The molecule has 8 heteroatoms. The van der Waals surface area contributed by atoms with Crippen molar-refractivity contribution in [3.05, 3.63) is 62.7 Å². The van der Waals surface area contributed by atoms with Crippen LogP contribution in [-0.2, 0) is 13.1 Å². The molecule has 1 aromatic heterocycles. The number of halogens is 3. The molecule has 0 fully saturated rings. The Morgan fingerprint density at radius 2 is 1.73 bits per heavy atom. The summed E-state index contributed by atoms with van der Waals surface area (Å²) in [5.41, 5.74) is -0.137. The third-order valence-corrected chi connectivity index (χ3v) is 5.54. The summed E-state index contributed by atoms with van der Waals surface area (Å²) in [6, 6.07) is 9.62. The fraction of sp³-hybridized carbons (Fsp3) is 0.318. The van der Waals surface area contributed by atoms with Gasteiger partial charge in [-0.1, -0.05) is 29.3 Å². The monoisotopic (exact) mass is 450 g/mol. The van der Waals surface area contributed by atoms with Gasteiger partial charge in [0.05, 0.1) is 16.7 Å². The van der Waals surface area contributed by atoms with Crippen molar-refractivity contribution in [1.29, 1.82) is 0 Å². The van der Waals surface area contributed by atoms with E-state index in [0.717, 1.165) is 18.9 Å². The molecule has 0 aliphatic carbocycles. The predicted molar refractivity (Wildman–Crippen MR) is 116 cm³/mol. The number of hydrogen-bond donors (Lipinski definition) is 0. The summed E-state index contributed by atoms with van der Waals surface area (Å²) in [5, 5.41) is 0.311. The Morgan fingerprint density at radius 1 is 1.03 bits per heavy atom. The number of nitrogens with zero attached hydrogens (tertiary/aromatic N) is 2. The van der Waals surface area contributed by atoms with Crippen LogP contribution in [0.1, 0.15) is 26.7 Å². The summed E-state index contributed by atoms with van der Waals surface area (Å²) in [7, 11) is 0. The Hall–Kier alpha value is -2.44. The van der Waals surface area contributed by atoms with E-state index < -0.39 is 5.82 Å². The van der Waals surface area contributed by atoms with Gasteiger partial charge in [0.2, 0.25) is 0 Å². The van der Waals surface area contributed by atoms with E-state index in [1.807, 2.05) is 19.9 Å². The summed E-state index contributed by atoms with van der Waals surface area (Å²) in [6.45, 7) is 5.03. The molecular formula is C22H21Cl2FN2O3. The first-order valence-electron chi connectivity index (χ1n) is 9.78. The Labute approximate surface area is 183 Å². The van der Waals surface area contributed by atoms with Gasteiger partial charge in [0.15, 0.2) is 0 Å². The van der Waals surface area contributed by atoms with E-state index in [9.17, 15) is 9.18 Å². The molecule has 0 amide bonds. The van der Waals surface area contributed by atoms with Gasteiger partial charge in [-0.25, -0.2) is 9.07 Å². The fourth-order valence-corrected chi connectivity index (χ4v) is 4.11. The van der Waals surface area contributed by atoms with Crippen molar-refractivity contribution in [3.63, 3.8) is 0 Å². The number of rotatable bonds is 5. The number of benzene rings is 2. The highest BCUT2D eigenvalue weighted by Gasteiger charge is 2.25. The standard InChI is InChI=1S/C22H21Cl2FN2O3/c1-13(2)29-14-6-5-7-15(10-14)30-19-11-16(18(25)12-17(19)23)20-21(24)26-8-3-4-9-27(26)22(20)28/h5-7,10-13H,3-4,8-9H2,1-2H3. The number of hydrogen-bond acceptors (Lipinski definition) is 3. The van der Waals surface area contributed by atoms with Gasteiger partial charge in [-0.15, -0.1) is 0 Å². The molecule has 1 aliphatic heterocycles. The van der Waals surface area contributed by atoms with Gasteiger partial charge in [-0.3, -0.25) is 9.48 Å². The number of fused-ring (bicyclic) bond motifs is 1. The molecule has 2 heterocycles. The Bertz CT molecular complexity index is 1150. The SMILES string of the molecule is CC(C)Oc1cccc(Oc2cc(-c3c(Cl)n4n(c3=O)CCCC4)c(F)cc2Cl)c1. The van der Waals surface area contributed by atoms with Gasteiger partial charge >= 0.3 is 0 Å². The molecule has 3 aromatic rings. The smallest absolute Gasteiger partial charge is 0.276 e. The Morgan fingerprint density at radius 3 is 2.43 bits per heavy atom. The van der Waals surface area contributed by atoms with E-state index in [1.165, 1.54) is 6.07 Å². The molecular weight excluding hydrogens is 430 g/mol. The minimum atomic E-state index is -0.633. The lowest BCUT2D eigenvalue weighted by molar-refractivity contribution is 0.241. The first-order valence-corrected chi connectivity index (χ1v) is 10.5. The molecule has 0 N–H and O–H groups in total. The largest absolute Gasteiger partial charge is 0.491 e. The van der Waals surface area contributed by atoms with E-state index in [-0.39, 0.29) is 38.7 Å². The molecule has 0 atom stereocenters. The van der Waals surface area contributed by atoms with Crippen molar-refractivity contribution >= 4 is 23.2 Å². The van der Waals surface area contributed by atoms with Gasteiger partial charge in [0.25, 0.3) is 5.56 Å². The van der Waals surface area contributed by atoms with Crippen molar-refractivity contribution in [3.8, 4) is 28.4 Å². The van der Waals surface area contributed by atoms with Crippen molar-refractivity contribution < 1.29 is 13.9 Å². The maximum atomic E-state index is 14.8. The predicted octanol–water partition coefficient (Wildman–Crippen LogP) is 6.14. The Balaban J connectivity index is 1.75. The highest BCUT2D eigenvalue weighted by Crippen LogP contribution is 2.38. The van der Waals surface area contributed by atoms with Crippen LogP contribution in [0.2, 0.25) is 10.2 Å². The van der Waals surface area contributed by atoms with Gasteiger partial charge < -0.3 is 9.47 Å². The van der Waals surface area contributed by atoms with Gasteiger partial charge in [-0.2, -0.15) is 0 Å². The third-order valence-electron chi connectivity index (χ3n) is 4.86. The molecule has 158 valence electrons. The maximum Gasteiger partial charge on any atom is 0.276 e. The van der Waals surface area contributed by atoms with Crippen molar-refractivity contribution in [2.24, 2.45) is 0 Å². The summed E-state index contributed by atoms with van der Waals surface area (Å²) < 4.78 is 29.6. The normalized spacial score (nSPS) is 13.4. The molecule has 30 heavy (non-hydrogen) atoms. The summed E-state index contributed by atoms with van der Waals surface area (Å²) in [5.74, 6) is 0.708. The second-order valence-corrected chi connectivity index (χ2v) is 8.20. The first-order chi connectivity index (χ1) is 14.3. The van der Waals surface area contributed by atoms with Crippen LogP contribution in [0.15, 0.2) is 41.2 Å².